The zero-order valence-electron chi connectivity index (χ0n) is 12.7. The van der Waals surface area contributed by atoms with Crippen molar-refractivity contribution in [2.75, 3.05) is 6.54 Å². The normalized spacial score (nSPS) is 18.4. The highest BCUT2D eigenvalue weighted by molar-refractivity contribution is 5.86. The third-order valence-electron chi connectivity index (χ3n) is 4.43. The van der Waals surface area contributed by atoms with Gasteiger partial charge in [-0.2, -0.15) is 0 Å². The van der Waals surface area contributed by atoms with Crippen LogP contribution in [-0.4, -0.2) is 29.2 Å². The molecule has 0 aliphatic heterocycles. The Morgan fingerprint density at radius 3 is 2.10 bits per heavy atom. The van der Waals surface area contributed by atoms with Crippen LogP contribution in [0.5, 0.6) is 0 Å². The average Bonchev–Trinajstić information content (AvgIpc) is 2.66. The number of nitrogens with one attached hydrogen (secondary N) is 2. The monoisotopic (exact) mass is 284 g/mol. The minimum absolute atomic E-state index is 0.346. The molecular weight excluding hydrogens is 256 g/mol. The van der Waals surface area contributed by atoms with Crippen molar-refractivity contribution >= 4 is 12.0 Å². The molecule has 116 valence electrons. The summed E-state index contributed by atoms with van der Waals surface area (Å²) in [4.78, 5) is 23.6. The summed E-state index contributed by atoms with van der Waals surface area (Å²) < 4.78 is 0. The molecule has 1 aliphatic rings. The summed E-state index contributed by atoms with van der Waals surface area (Å²) in [6, 6.07) is -0.346. The topological polar surface area (TPSA) is 78.4 Å². The van der Waals surface area contributed by atoms with Gasteiger partial charge in [0.2, 0.25) is 0 Å². The number of hydrogen-bond acceptors (Lipinski definition) is 2. The van der Waals surface area contributed by atoms with E-state index in [-0.39, 0.29) is 6.03 Å². The van der Waals surface area contributed by atoms with Crippen LogP contribution in [0.1, 0.15) is 65.2 Å². The number of amides is 2. The van der Waals surface area contributed by atoms with Crippen molar-refractivity contribution in [1.82, 2.24) is 10.6 Å². The summed E-state index contributed by atoms with van der Waals surface area (Å²) in [5, 5.41) is 15.0. The molecule has 2 amide bonds. The number of hydrogen-bond donors (Lipinski definition) is 3. The zero-order chi connectivity index (χ0) is 15.0. The van der Waals surface area contributed by atoms with Crippen LogP contribution in [0.3, 0.4) is 0 Å². The molecule has 0 aromatic heterocycles. The molecule has 1 saturated carbocycles. The van der Waals surface area contributed by atoms with Crippen molar-refractivity contribution in [3.05, 3.63) is 0 Å². The van der Waals surface area contributed by atoms with Crippen LogP contribution in [0.2, 0.25) is 0 Å². The fraction of sp³-hybridized carbons (Fsp3) is 0.867. The maximum atomic E-state index is 12.0. The van der Waals surface area contributed by atoms with Crippen LogP contribution in [0.25, 0.3) is 0 Å². The van der Waals surface area contributed by atoms with Crippen LogP contribution in [0, 0.1) is 5.92 Å². The SMILES string of the molecule is CCC(CC)CNC(=O)NC1(C(=O)O)CCCCCC1. The van der Waals surface area contributed by atoms with Gasteiger partial charge in [-0.1, -0.05) is 52.4 Å². The highest BCUT2D eigenvalue weighted by Gasteiger charge is 2.40. The Hall–Kier alpha value is -1.26. The predicted molar refractivity (Wildman–Crippen MR) is 78.7 cm³/mol. The molecule has 5 heteroatoms. The van der Waals surface area contributed by atoms with E-state index < -0.39 is 11.5 Å². The minimum Gasteiger partial charge on any atom is -0.480 e. The summed E-state index contributed by atoms with van der Waals surface area (Å²) >= 11 is 0. The molecule has 0 unspecified atom stereocenters. The lowest BCUT2D eigenvalue weighted by atomic mass is 9.90. The standard InChI is InChI=1S/C15H28N2O3/c1-3-12(4-2)11-16-14(20)17-15(13(18)19)9-7-5-6-8-10-15/h12H,3-11H2,1-2H3,(H,18,19)(H2,16,17,20). The van der Waals surface area contributed by atoms with Gasteiger partial charge in [0.25, 0.3) is 0 Å². The molecule has 3 N–H and O–H groups in total. The van der Waals surface area contributed by atoms with Gasteiger partial charge >= 0.3 is 12.0 Å². The van der Waals surface area contributed by atoms with Crippen molar-refractivity contribution in [1.29, 1.82) is 0 Å². The van der Waals surface area contributed by atoms with E-state index in [9.17, 15) is 14.7 Å². The van der Waals surface area contributed by atoms with E-state index in [1.807, 2.05) is 0 Å². The molecule has 0 spiro atoms. The Balaban J connectivity index is 2.56. The first-order valence-corrected chi connectivity index (χ1v) is 7.83. The van der Waals surface area contributed by atoms with Crippen molar-refractivity contribution in [2.24, 2.45) is 5.92 Å². The largest absolute Gasteiger partial charge is 0.480 e. The number of aliphatic carboxylic acids is 1. The fourth-order valence-electron chi connectivity index (χ4n) is 2.80. The molecule has 1 rings (SSSR count). The van der Waals surface area contributed by atoms with Gasteiger partial charge in [-0.3, -0.25) is 0 Å². The second-order valence-corrected chi connectivity index (χ2v) is 5.82. The highest BCUT2D eigenvalue weighted by Crippen LogP contribution is 2.27. The summed E-state index contributed by atoms with van der Waals surface area (Å²) in [7, 11) is 0. The molecule has 1 aliphatic carbocycles. The van der Waals surface area contributed by atoms with Crippen molar-refractivity contribution < 1.29 is 14.7 Å². The Labute approximate surface area is 121 Å². The van der Waals surface area contributed by atoms with Crippen molar-refractivity contribution in [2.45, 2.75) is 70.8 Å². The summed E-state index contributed by atoms with van der Waals surface area (Å²) in [6.45, 7) is 4.80. The number of carbonyl (C=O) groups excluding carboxylic acids is 1. The third kappa shape index (κ3) is 4.69. The van der Waals surface area contributed by atoms with Crippen molar-refractivity contribution in [3.8, 4) is 0 Å². The molecule has 0 aromatic carbocycles. The van der Waals surface area contributed by atoms with Gasteiger partial charge in [0, 0.05) is 6.54 Å². The van der Waals surface area contributed by atoms with E-state index in [2.05, 4.69) is 24.5 Å². The molecule has 5 nitrogen and oxygen atoms in total. The van der Waals surface area contributed by atoms with E-state index in [0.29, 0.717) is 25.3 Å². The second-order valence-electron chi connectivity index (χ2n) is 5.82. The fourth-order valence-corrected chi connectivity index (χ4v) is 2.80. The molecule has 0 radical (unpaired) electrons. The molecular formula is C15H28N2O3. The summed E-state index contributed by atoms with van der Waals surface area (Å²) in [5.41, 5.74) is -1.07. The van der Waals surface area contributed by atoms with Gasteiger partial charge < -0.3 is 15.7 Å². The van der Waals surface area contributed by atoms with Crippen LogP contribution >= 0.6 is 0 Å². The lowest BCUT2D eigenvalue weighted by molar-refractivity contribution is -0.145. The van der Waals surface area contributed by atoms with Crippen LogP contribution in [0.4, 0.5) is 4.79 Å². The van der Waals surface area contributed by atoms with E-state index in [1.165, 1.54) is 0 Å². The van der Waals surface area contributed by atoms with Crippen molar-refractivity contribution in [3.63, 3.8) is 0 Å². The molecule has 20 heavy (non-hydrogen) atoms. The number of rotatable bonds is 6. The third-order valence-corrected chi connectivity index (χ3v) is 4.43. The molecule has 0 aromatic rings. The Kier molecular flexibility index (Phi) is 6.82. The molecule has 0 saturated heterocycles. The molecule has 0 bridgehead atoms. The lowest BCUT2D eigenvalue weighted by Gasteiger charge is -2.29. The molecule has 1 fully saturated rings. The highest BCUT2D eigenvalue weighted by atomic mass is 16.4. The first-order chi connectivity index (χ1) is 9.54. The quantitative estimate of drug-likeness (QED) is 0.656. The smallest absolute Gasteiger partial charge is 0.329 e. The van der Waals surface area contributed by atoms with Gasteiger partial charge in [0.1, 0.15) is 5.54 Å². The predicted octanol–water partition coefficient (Wildman–Crippen LogP) is 2.90. The Morgan fingerprint density at radius 1 is 1.10 bits per heavy atom. The summed E-state index contributed by atoms with van der Waals surface area (Å²) in [6.07, 6.45) is 6.90. The molecule has 0 heterocycles. The van der Waals surface area contributed by atoms with Gasteiger partial charge in [0.15, 0.2) is 0 Å². The maximum absolute atomic E-state index is 12.0. The zero-order valence-corrected chi connectivity index (χ0v) is 12.7. The maximum Gasteiger partial charge on any atom is 0.329 e. The molecule has 0 atom stereocenters. The first kappa shape index (κ1) is 16.8. The Bertz CT molecular complexity index is 319. The minimum atomic E-state index is -1.07. The lowest BCUT2D eigenvalue weighted by Crippen LogP contribution is -2.57. The summed E-state index contributed by atoms with van der Waals surface area (Å²) in [5.74, 6) is -0.451. The van der Waals surface area contributed by atoms with E-state index in [1.54, 1.807) is 0 Å². The first-order valence-electron chi connectivity index (χ1n) is 7.83. The average molecular weight is 284 g/mol. The van der Waals surface area contributed by atoms with E-state index in [4.69, 9.17) is 0 Å². The number of carboxylic acids is 1. The van der Waals surface area contributed by atoms with Gasteiger partial charge in [0.05, 0.1) is 0 Å². The van der Waals surface area contributed by atoms with Gasteiger partial charge in [-0.25, -0.2) is 9.59 Å². The van der Waals surface area contributed by atoms with Crippen LogP contribution < -0.4 is 10.6 Å². The number of urea groups is 1. The Morgan fingerprint density at radius 2 is 1.65 bits per heavy atom. The van der Waals surface area contributed by atoms with Crippen LogP contribution in [-0.2, 0) is 4.79 Å². The number of carboxylic acid groups (broad SMARTS) is 1. The second kappa shape index (κ2) is 8.12. The number of carbonyl (C=O) groups is 2. The van der Waals surface area contributed by atoms with E-state index >= 15 is 0 Å². The van der Waals surface area contributed by atoms with Crippen LogP contribution in [0.15, 0.2) is 0 Å². The van der Waals surface area contributed by atoms with E-state index in [0.717, 1.165) is 38.5 Å². The van der Waals surface area contributed by atoms with Gasteiger partial charge in [-0.15, -0.1) is 0 Å². The van der Waals surface area contributed by atoms with Gasteiger partial charge in [-0.05, 0) is 18.8 Å².